The average molecular weight is 1380 g/mol. The molecule has 78 heavy (non-hydrogen) atoms. The number of nitrogens with two attached hydrogens (primary N) is 8. The van der Waals surface area contributed by atoms with Crippen LogP contribution in [0, 0.1) is 0 Å². The number of hydrogen-bond acceptors (Lipinski definition) is 12. The van der Waals surface area contributed by atoms with Gasteiger partial charge in [0.05, 0.1) is 0 Å². The first-order chi connectivity index (χ1) is 34.1. The summed E-state index contributed by atoms with van der Waals surface area (Å²) in [5.74, 6) is 0. The maximum Gasteiger partial charge on any atom is 2.00 e. The van der Waals surface area contributed by atoms with Gasteiger partial charge in [0.25, 0.3) is 0 Å². The molecule has 0 spiro atoms. The Morgan fingerprint density at radius 1 is 0.321 bits per heavy atom. The molecule has 34 heteroatoms. The third-order valence-corrected chi connectivity index (χ3v) is 10.3. The second-order valence-corrected chi connectivity index (χ2v) is 16.8. The maximum atomic E-state index is 8.56. The second-order valence-electron chi connectivity index (χ2n) is 16.8. The minimum Gasteiger partial charge on any atom is -0.662 e. The van der Waals surface area contributed by atoms with Gasteiger partial charge >= 0.3 is 92.9 Å². The molecule has 0 aromatic rings. The van der Waals surface area contributed by atoms with Crippen LogP contribution in [-0.2, 0) is 85.3 Å². The summed E-state index contributed by atoms with van der Waals surface area (Å²) in [5, 5.41) is 88.9. The first kappa shape index (κ1) is 98.7. The minimum absolute atomic E-state index is 0. The fraction of sp³-hybridized carbons (Fsp3) is 0.864. The van der Waals surface area contributed by atoms with Gasteiger partial charge in [-0.15, -0.1) is 105 Å². The Labute approximate surface area is 515 Å². The zero-order valence-electron chi connectivity index (χ0n) is 44.5. The van der Waals surface area contributed by atoms with E-state index in [1.165, 1.54) is 0 Å². The molecule has 0 amide bonds. The van der Waals surface area contributed by atoms with Crippen molar-refractivity contribution in [1.82, 2.24) is 0 Å². The summed E-state index contributed by atoms with van der Waals surface area (Å²) in [5.41, 5.74) is 45.5. The van der Waals surface area contributed by atoms with Crippen LogP contribution in [0.2, 0.25) is 0 Å². The number of rotatable bonds is 0. The van der Waals surface area contributed by atoms with Crippen LogP contribution in [0.15, 0.2) is 11.8 Å². The first-order valence-corrected chi connectivity index (χ1v) is 24.6. The van der Waals surface area contributed by atoms with Gasteiger partial charge in [-0.2, -0.15) is 0 Å². The monoisotopic (exact) mass is 1370 g/mol. The van der Waals surface area contributed by atoms with E-state index in [1.54, 1.807) is 0 Å². The van der Waals surface area contributed by atoms with Gasteiger partial charge in [0.2, 0.25) is 0 Å². The molecule has 0 bridgehead atoms. The van der Waals surface area contributed by atoms with E-state index >= 15 is 0 Å². The van der Waals surface area contributed by atoms with Crippen LogP contribution in [0.25, 0.3) is 42.5 Å². The number of piperidine rings is 7. The molecule has 0 unspecified atom stereocenters. The molecule has 0 aromatic carbocycles. The largest absolute Gasteiger partial charge is 2.00 e. The van der Waals surface area contributed by atoms with Gasteiger partial charge in [0.1, 0.15) is 0 Å². The SMILES string of the molecule is NC1=CC[N-]CC1.NC1CC[N-]CC1.NC1CC[N-]CC1.NC1CC[N-]CC1.NC1CC[N-]CC1.NC1CC[N-]CC1.NC1CC[N-]CC1.NC1CC[N-]CC1.O.O=C(O)O.O=C(O)O.O=C(O)O.O=C(O)O.[Cu+2].[Cu+2].[Cu+2].[Cu+2].[Cu]. The Morgan fingerprint density at radius 3 is 0.500 bits per heavy atom. The smallest absolute Gasteiger partial charge is 0.662 e. The first-order valence-electron chi connectivity index (χ1n) is 24.6. The molecule has 8 heterocycles. The van der Waals surface area contributed by atoms with E-state index < -0.39 is 24.6 Å². The predicted octanol–water partition coefficient (Wildman–Crippen LogP) is 4.03. The fourth-order valence-electron chi connectivity index (χ4n) is 5.98. The van der Waals surface area contributed by atoms with Crippen molar-refractivity contribution in [1.29, 1.82) is 0 Å². The summed E-state index contributed by atoms with van der Waals surface area (Å²) >= 11 is 0. The van der Waals surface area contributed by atoms with E-state index in [2.05, 4.69) is 42.5 Å². The molecule has 0 aliphatic carbocycles. The van der Waals surface area contributed by atoms with E-state index in [-0.39, 0.29) is 90.8 Å². The zero-order chi connectivity index (χ0) is 55.2. The van der Waals surface area contributed by atoms with E-state index in [4.69, 9.17) is 106 Å². The topological polar surface area (TPSA) is 583 Å². The van der Waals surface area contributed by atoms with Crippen LogP contribution in [0.4, 0.5) is 19.2 Å². The van der Waals surface area contributed by atoms with E-state index in [0.29, 0.717) is 42.3 Å². The van der Waals surface area contributed by atoms with Gasteiger partial charge in [-0.25, -0.2) is 19.2 Å². The molecule has 5 radical (unpaired) electrons. The van der Waals surface area contributed by atoms with Crippen molar-refractivity contribution >= 4 is 24.6 Å². The third-order valence-electron chi connectivity index (χ3n) is 10.3. The van der Waals surface area contributed by atoms with Crippen LogP contribution in [0.5, 0.6) is 0 Å². The van der Waals surface area contributed by atoms with Crippen molar-refractivity contribution in [3.63, 3.8) is 0 Å². The fourth-order valence-corrected chi connectivity index (χ4v) is 5.98. The third kappa shape index (κ3) is 103. The molecule has 7 saturated heterocycles. The number of carboxylic acid groups (broad SMARTS) is 8. The Morgan fingerprint density at radius 2 is 0.449 bits per heavy atom. The summed E-state index contributed by atoms with van der Waals surface area (Å²) in [6.07, 6.45) is 10.9. The normalized spacial score (nSPS) is 19.0. The molecule has 8 aliphatic rings. The van der Waals surface area contributed by atoms with E-state index in [0.717, 1.165) is 207 Å². The molecule has 485 valence electrons. The van der Waals surface area contributed by atoms with Crippen LogP contribution < -0.4 is 45.9 Å². The van der Waals surface area contributed by atoms with Gasteiger partial charge < -0.3 is 135 Å². The van der Waals surface area contributed by atoms with Crippen molar-refractivity contribution in [3.05, 3.63) is 54.3 Å². The van der Waals surface area contributed by atoms with Crippen molar-refractivity contribution in [2.24, 2.45) is 45.9 Å². The molecule has 8 rings (SSSR count). The summed E-state index contributed by atoms with van der Waals surface area (Å²) < 4.78 is 0. The molecular weight excluding hydrogens is 1280 g/mol. The zero-order valence-corrected chi connectivity index (χ0v) is 49.2. The Bertz CT molecular complexity index is 1040. The Kier molecular flexibility index (Phi) is 95.6. The quantitative estimate of drug-likeness (QED) is 0.152. The number of hydrogen-bond donors (Lipinski definition) is 16. The van der Waals surface area contributed by atoms with Crippen LogP contribution in [-0.4, -0.2) is 218 Å². The number of carbonyl (C=O) groups is 4. The summed E-state index contributed by atoms with van der Waals surface area (Å²) in [6.45, 7) is 15.6. The van der Waals surface area contributed by atoms with Gasteiger partial charge in [-0.3, -0.25) is 0 Å². The summed E-state index contributed by atoms with van der Waals surface area (Å²) in [7, 11) is 0. The van der Waals surface area contributed by atoms with Crippen LogP contribution >= 0.6 is 0 Å². The van der Waals surface area contributed by atoms with Crippen molar-refractivity contribution < 1.29 is 151 Å². The van der Waals surface area contributed by atoms with Crippen molar-refractivity contribution in [2.45, 2.75) is 139 Å². The van der Waals surface area contributed by atoms with Crippen LogP contribution in [0.3, 0.4) is 0 Å². The standard InChI is InChI=1S/7C5H11N2.C5H9N2.4CH2O3.5Cu.H2O/c8*6-5-1-3-7-4-2-5;4*2-1(3)4;;;;;;/h7*5H,1-4,6H2;1H,2-4,6H2;4*(H2,2,3,4);;;;;;1H2/q8*-1;;;;;;4*+2;. The molecule has 7 fully saturated rings. The Balaban J connectivity index is -0.0000000808. The maximum absolute atomic E-state index is 8.56. The second kappa shape index (κ2) is 75.6. The van der Waals surface area contributed by atoms with Gasteiger partial charge in [0.15, 0.2) is 0 Å². The van der Waals surface area contributed by atoms with E-state index in [1.807, 2.05) is 6.08 Å². The summed E-state index contributed by atoms with van der Waals surface area (Å²) in [6, 6.07) is 3.09. The molecule has 26 N–H and O–H groups in total. The van der Waals surface area contributed by atoms with Crippen molar-refractivity contribution in [3.8, 4) is 0 Å². The predicted molar refractivity (Wildman–Crippen MR) is 288 cm³/mol. The number of nitrogens with zero attached hydrogens (tertiary/aromatic N) is 8. The molecule has 0 aromatic heterocycles. The Hall–Kier alpha value is -1.42. The molecule has 0 atom stereocenters. The minimum atomic E-state index is -1.83. The van der Waals surface area contributed by atoms with E-state index in [9.17, 15) is 0 Å². The van der Waals surface area contributed by atoms with Crippen molar-refractivity contribution in [2.75, 3.05) is 105 Å². The van der Waals surface area contributed by atoms with Gasteiger partial charge in [-0.05, 0) is 6.42 Å². The van der Waals surface area contributed by atoms with Gasteiger partial charge in [-0.1, -0.05) is 96.0 Å². The summed E-state index contributed by atoms with van der Waals surface area (Å²) in [4.78, 5) is 34.2. The average Bonchev–Trinajstić information content (AvgIpc) is 3.32. The molecule has 8 aliphatic heterocycles. The molecule has 0 saturated carbocycles. The molecule has 29 nitrogen and oxygen atoms in total. The molecular formula is C44H96Cu5N16O13. The van der Waals surface area contributed by atoms with Crippen LogP contribution in [0.1, 0.15) is 96.3 Å². The van der Waals surface area contributed by atoms with Gasteiger partial charge in [0, 0.05) is 65.1 Å².